The second-order valence-electron chi connectivity index (χ2n) is 2.68. The van der Waals surface area contributed by atoms with Crippen LogP contribution in [0.4, 0.5) is 0 Å². The van der Waals surface area contributed by atoms with Crippen LogP contribution < -0.4 is 5.73 Å². The summed E-state index contributed by atoms with van der Waals surface area (Å²) in [5.74, 6) is -1.03. The number of hydrogen-bond acceptors (Lipinski definition) is 3. The molecule has 0 bridgehead atoms. The minimum absolute atomic E-state index is 0.121. The average molecular weight is 161 g/mol. The lowest BCUT2D eigenvalue weighted by molar-refractivity contribution is -0.144. The van der Waals surface area contributed by atoms with Gasteiger partial charge in [0.05, 0.1) is 0 Å². The molecule has 4 heteroatoms. The molecule has 0 aliphatic carbocycles. The lowest BCUT2D eigenvalue weighted by Gasteiger charge is -2.22. The van der Waals surface area contributed by atoms with Crippen LogP contribution in [-0.4, -0.2) is 28.3 Å². The SMILES string of the molecule is CCCC(N)(CCO)C(=O)O. The topological polar surface area (TPSA) is 83.5 Å². The molecule has 4 nitrogen and oxygen atoms in total. The second kappa shape index (κ2) is 4.31. The number of aliphatic hydroxyl groups is 1. The molecular formula is C7H15NO3. The molecule has 0 rings (SSSR count). The first kappa shape index (κ1) is 10.4. The maximum atomic E-state index is 10.6. The van der Waals surface area contributed by atoms with E-state index >= 15 is 0 Å². The average Bonchev–Trinajstić information content (AvgIpc) is 1.88. The van der Waals surface area contributed by atoms with Crippen LogP contribution in [0.3, 0.4) is 0 Å². The zero-order valence-electron chi connectivity index (χ0n) is 6.71. The van der Waals surface area contributed by atoms with E-state index in [4.69, 9.17) is 15.9 Å². The van der Waals surface area contributed by atoms with E-state index < -0.39 is 11.5 Å². The third-order valence-corrected chi connectivity index (χ3v) is 1.68. The van der Waals surface area contributed by atoms with Crippen LogP contribution in [0, 0.1) is 0 Å². The van der Waals surface area contributed by atoms with E-state index in [-0.39, 0.29) is 13.0 Å². The second-order valence-corrected chi connectivity index (χ2v) is 2.68. The summed E-state index contributed by atoms with van der Waals surface area (Å²) in [5, 5.41) is 17.2. The van der Waals surface area contributed by atoms with Crippen LogP contribution in [0.15, 0.2) is 0 Å². The van der Waals surface area contributed by atoms with Crippen molar-refractivity contribution >= 4 is 5.97 Å². The van der Waals surface area contributed by atoms with Gasteiger partial charge in [-0.2, -0.15) is 0 Å². The molecular weight excluding hydrogens is 146 g/mol. The van der Waals surface area contributed by atoms with Crippen molar-refractivity contribution < 1.29 is 15.0 Å². The first-order chi connectivity index (χ1) is 5.06. The van der Waals surface area contributed by atoms with Crippen molar-refractivity contribution in [3.63, 3.8) is 0 Å². The molecule has 0 radical (unpaired) electrons. The van der Waals surface area contributed by atoms with Crippen molar-refractivity contribution in [2.75, 3.05) is 6.61 Å². The first-order valence-corrected chi connectivity index (χ1v) is 3.70. The number of carbonyl (C=O) groups is 1. The third-order valence-electron chi connectivity index (χ3n) is 1.68. The highest BCUT2D eigenvalue weighted by molar-refractivity contribution is 5.78. The summed E-state index contributed by atoms with van der Waals surface area (Å²) in [7, 11) is 0. The first-order valence-electron chi connectivity index (χ1n) is 3.70. The Kier molecular flexibility index (Phi) is 4.07. The predicted octanol–water partition coefficient (Wildman–Crippen LogP) is -0.0490. The Morgan fingerprint density at radius 3 is 2.36 bits per heavy atom. The van der Waals surface area contributed by atoms with E-state index in [2.05, 4.69) is 0 Å². The van der Waals surface area contributed by atoms with Gasteiger partial charge >= 0.3 is 5.97 Å². The molecule has 0 aliphatic heterocycles. The number of carboxylic acids is 1. The Morgan fingerprint density at radius 1 is 1.55 bits per heavy atom. The summed E-state index contributed by atoms with van der Waals surface area (Å²) in [6, 6.07) is 0. The summed E-state index contributed by atoms with van der Waals surface area (Å²) < 4.78 is 0. The number of aliphatic carboxylic acids is 1. The monoisotopic (exact) mass is 161 g/mol. The molecule has 0 aromatic rings. The van der Waals surface area contributed by atoms with Gasteiger partial charge in [0.2, 0.25) is 0 Å². The van der Waals surface area contributed by atoms with Gasteiger partial charge in [-0.1, -0.05) is 13.3 Å². The van der Waals surface area contributed by atoms with E-state index in [0.29, 0.717) is 12.8 Å². The molecule has 1 unspecified atom stereocenters. The number of hydrogen-bond donors (Lipinski definition) is 3. The van der Waals surface area contributed by atoms with E-state index in [1.807, 2.05) is 6.92 Å². The van der Waals surface area contributed by atoms with Gasteiger partial charge in [-0.3, -0.25) is 4.79 Å². The maximum Gasteiger partial charge on any atom is 0.323 e. The van der Waals surface area contributed by atoms with Gasteiger partial charge in [0.1, 0.15) is 5.54 Å². The van der Waals surface area contributed by atoms with Crippen LogP contribution in [-0.2, 0) is 4.79 Å². The van der Waals surface area contributed by atoms with E-state index in [1.165, 1.54) is 0 Å². The van der Waals surface area contributed by atoms with Crippen LogP contribution >= 0.6 is 0 Å². The lowest BCUT2D eigenvalue weighted by atomic mass is 9.92. The van der Waals surface area contributed by atoms with Gasteiger partial charge in [-0.05, 0) is 12.8 Å². The molecule has 1 atom stereocenters. The van der Waals surface area contributed by atoms with Crippen LogP contribution in [0.1, 0.15) is 26.2 Å². The van der Waals surface area contributed by atoms with Gasteiger partial charge < -0.3 is 15.9 Å². The standard InChI is InChI=1S/C7H15NO3/c1-2-3-7(8,4-5-9)6(10)11/h9H,2-5,8H2,1H3,(H,10,11). The fourth-order valence-electron chi connectivity index (χ4n) is 0.984. The fraction of sp³-hybridized carbons (Fsp3) is 0.857. The summed E-state index contributed by atoms with van der Waals surface area (Å²) in [6.45, 7) is 1.69. The fourth-order valence-corrected chi connectivity index (χ4v) is 0.984. The van der Waals surface area contributed by atoms with Crippen LogP contribution in [0.5, 0.6) is 0 Å². The van der Waals surface area contributed by atoms with Crippen molar-refractivity contribution in [1.29, 1.82) is 0 Å². The highest BCUT2D eigenvalue weighted by atomic mass is 16.4. The van der Waals surface area contributed by atoms with Crippen molar-refractivity contribution in [1.82, 2.24) is 0 Å². The van der Waals surface area contributed by atoms with E-state index in [9.17, 15) is 4.79 Å². The number of nitrogens with two attached hydrogens (primary N) is 1. The van der Waals surface area contributed by atoms with Gasteiger partial charge in [0.25, 0.3) is 0 Å². The molecule has 0 saturated heterocycles. The summed E-state index contributed by atoms with van der Waals surface area (Å²) >= 11 is 0. The molecule has 0 spiro atoms. The highest BCUT2D eigenvalue weighted by Crippen LogP contribution is 2.13. The largest absolute Gasteiger partial charge is 0.480 e. The highest BCUT2D eigenvalue weighted by Gasteiger charge is 2.31. The zero-order chi connectivity index (χ0) is 8.91. The smallest absolute Gasteiger partial charge is 0.323 e. The van der Waals surface area contributed by atoms with Gasteiger partial charge in [-0.15, -0.1) is 0 Å². The minimum Gasteiger partial charge on any atom is -0.480 e. The van der Waals surface area contributed by atoms with Crippen LogP contribution in [0.2, 0.25) is 0 Å². The van der Waals surface area contributed by atoms with Crippen molar-refractivity contribution in [3.05, 3.63) is 0 Å². The van der Waals surface area contributed by atoms with Gasteiger partial charge in [0, 0.05) is 6.61 Å². The van der Waals surface area contributed by atoms with Crippen molar-refractivity contribution in [3.8, 4) is 0 Å². The Labute approximate surface area is 66.0 Å². The number of rotatable bonds is 5. The molecule has 0 heterocycles. The summed E-state index contributed by atoms with van der Waals surface area (Å²) in [4.78, 5) is 10.6. The molecule has 0 aromatic carbocycles. The summed E-state index contributed by atoms with van der Waals surface area (Å²) in [5.41, 5.74) is 4.27. The minimum atomic E-state index is -1.23. The van der Waals surface area contributed by atoms with Crippen molar-refractivity contribution in [2.24, 2.45) is 5.73 Å². The molecule has 0 fully saturated rings. The zero-order valence-corrected chi connectivity index (χ0v) is 6.71. The van der Waals surface area contributed by atoms with Crippen LogP contribution in [0.25, 0.3) is 0 Å². The molecule has 0 aliphatic rings. The Balaban J connectivity index is 4.13. The van der Waals surface area contributed by atoms with E-state index in [1.54, 1.807) is 0 Å². The molecule has 0 amide bonds. The molecule has 0 aromatic heterocycles. The number of aliphatic hydroxyl groups excluding tert-OH is 1. The molecule has 11 heavy (non-hydrogen) atoms. The maximum absolute atomic E-state index is 10.6. The Morgan fingerprint density at radius 2 is 2.09 bits per heavy atom. The molecule has 66 valence electrons. The molecule has 0 saturated carbocycles. The van der Waals surface area contributed by atoms with Gasteiger partial charge in [-0.25, -0.2) is 0 Å². The normalized spacial score (nSPS) is 15.9. The van der Waals surface area contributed by atoms with Crippen molar-refractivity contribution in [2.45, 2.75) is 31.7 Å². The van der Waals surface area contributed by atoms with E-state index in [0.717, 1.165) is 0 Å². The Bertz CT molecular complexity index is 130. The quantitative estimate of drug-likeness (QED) is 0.528. The number of carboxylic acid groups (broad SMARTS) is 1. The Hall–Kier alpha value is -0.610. The third kappa shape index (κ3) is 2.86. The van der Waals surface area contributed by atoms with Gasteiger partial charge in [0.15, 0.2) is 0 Å². The summed E-state index contributed by atoms with van der Waals surface area (Å²) in [6.07, 6.45) is 1.24. The molecule has 4 N–H and O–H groups in total. The predicted molar refractivity (Wildman–Crippen MR) is 41.2 cm³/mol. The lowest BCUT2D eigenvalue weighted by Crippen LogP contribution is -2.48.